The molecule has 1 rings (SSSR count). The Morgan fingerprint density at radius 1 is 1.47 bits per heavy atom. The van der Waals surface area contributed by atoms with Gasteiger partial charge in [-0.05, 0) is 51.6 Å². The number of hydrogen-bond donors (Lipinski definition) is 1. The van der Waals surface area contributed by atoms with Gasteiger partial charge in [0, 0.05) is 12.6 Å². The van der Waals surface area contributed by atoms with Crippen molar-refractivity contribution >= 4 is 0 Å². The molecule has 1 fully saturated rings. The van der Waals surface area contributed by atoms with Gasteiger partial charge in [-0.15, -0.1) is 0 Å². The molecule has 1 aliphatic heterocycles. The van der Waals surface area contributed by atoms with Crippen LogP contribution < -0.4 is 5.32 Å². The number of nitrogens with zero attached hydrogens (tertiary/aromatic N) is 1. The summed E-state index contributed by atoms with van der Waals surface area (Å²) >= 11 is 0. The van der Waals surface area contributed by atoms with Crippen molar-refractivity contribution in [3.8, 4) is 0 Å². The van der Waals surface area contributed by atoms with Crippen LogP contribution in [0.5, 0.6) is 0 Å². The summed E-state index contributed by atoms with van der Waals surface area (Å²) in [5.41, 5.74) is 0. The molecule has 0 saturated carbocycles. The number of rotatable bonds is 6. The molecule has 0 bridgehead atoms. The molecule has 1 atom stereocenters. The molecule has 0 radical (unpaired) electrons. The van der Waals surface area contributed by atoms with Gasteiger partial charge < -0.3 is 10.2 Å². The maximum Gasteiger partial charge on any atom is 0.0219 e. The zero-order valence-corrected chi connectivity index (χ0v) is 9.91. The smallest absolute Gasteiger partial charge is 0.0219 e. The average Bonchev–Trinajstić information content (AvgIpc) is 2.29. The predicted octanol–water partition coefficient (Wildman–Crippen LogP) is 2.89. The molecule has 15 heavy (non-hydrogen) atoms. The number of nitrogens with one attached hydrogen (secondary N) is 1. The second-order valence-electron chi connectivity index (χ2n) is 4.19. The molecule has 1 N–H and O–H groups in total. The lowest BCUT2D eigenvalue weighted by atomic mass is 10.0. The summed E-state index contributed by atoms with van der Waals surface area (Å²) in [5.74, 6) is 0. The Bertz CT molecular complexity index is 193. The molecular weight excluding hydrogens is 184 g/mol. The lowest BCUT2D eigenvalue weighted by Crippen LogP contribution is -2.34. The minimum atomic E-state index is 0.760. The fraction of sp³-hybridized carbons (Fsp3) is 0.692. The van der Waals surface area contributed by atoms with Crippen molar-refractivity contribution in [2.45, 2.75) is 45.1 Å². The zero-order chi connectivity index (χ0) is 10.9. The third-order valence-corrected chi connectivity index (χ3v) is 2.96. The standard InChI is InChI=1S/C13H24N2/c1-3-11-15(4-2)12-7-9-13-8-5-6-10-14-13/h3-4,11,13-14H,2,5-10,12H2,1H3/b11-3-. The van der Waals surface area contributed by atoms with E-state index in [2.05, 4.69) is 29.1 Å². The van der Waals surface area contributed by atoms with Gasteiger partial charge in [-0.2, -0.15) is 0 Å². The van der Waals surface area contributed by atoms with E-state index >= 15 is 0 Å². The third-order valence-electron chi connectivity index (χ3n) is 2.96. The van der Waals surface area contributed by atoms with Gasteiger partial charge in [0.2, 0.25) is 0 Å². The second-order valence-corrected chi connectivity index (χ2v) is 4.19. The fourth-order valence-corrected chi connectivity index (χ4v) is 2.11. The highest BCUT2D eigenvalue weighted by atomic mass is 15.1. The van der Waals surface area contributed by atoms with Crippen molar-refractivity contribution in [2.75, 3.05) is 13.1 Å². The van der Waals surface area contributed by atoms with Crippen LogP contribution >= 0.6 is 0 Å². The minimum absolute atomic E-state index is 0.760. The van der Waals surface area contributed by atoms with Crippen LogP contribution in [0.3, 0.4) is 0 Å². The third kappa shape index (κ3) is 5.03. The van der Waals surface area contributed by atoms with Crippen molar-refractivity contribution in [3.05, 3.63) is 25.1 Å². The molecule has 0 amide bonds. The minimum Gasteiger partial charge on any atom is -0.355 e. The van der Waals surface area contributed by atoms with Gasteiger partial charge in [-0.3, -0.25) is 0 Å². The zero-order valence-electron chi connectivity index (χ0n) is 9.91. The van der Waals surface area contributed by atoms with Gasteiger partial charge in [0.1, 0.15) is 0 Å². The maximum atomic E-state index is 3.80. The Morgan fingerprint density at radius 3 is 2.93 bits per heavy atom. The molecule has 0 aliphatic carbocycles. The van der Waals surface area contributed by atoms with E-state index in [-0.39, 0.29) is 0 Å². The molecule has 1 unspecified atom stereocenters. The van der Waals surface area contributed by atoms with Crippen molar-refractivity contribution in [1.29, 1.82) is 0 Å². The van der Waals surface area contributed by atoms with Crippen molar-refractivity contribution < 1.29 is 0 Å². The van der Waals surface area contributed by atoms with E-state index in [4.69, 9.17) is 0 Å². The van der Waals surface area contributed by atoms with Crippen LogP contribution in [0.25, 0.3) is 0 Å². The molecular formula is C13H24N2. The Kier molecular flexibility index (Phi) is 6.17. The van der Waals surface area contributed by atoms with Crippen LogP contribution in [0, 0.1) is 0 Å². The largest absolute Gasteiger partial charge is 0.355 e. The van der Waals surface area contributed by atoms with Crippen molar-refractivity contribution in [3.63, 3.8) is 0 Å². The molecule has 1 aliphatic rings. The van der Waals surface area contributed by atoms with E-state index < -0.39 is 0 Å². The van der Waals surface area contributed by atoms with Gasteiger partial charge in [-0.25, -0.2) is 0 Å². The summed E-state index contributed by atoms with van der Waals surface area (Å²) in [6.45, 7) is 8.15. The molecule has 1 saturated heterocycles. The topological polar surface area (TPSA) is 15.3 Å². The van der Waals surface area contributed by atoms with Crippen LogP contribution in [0.1, 0.15) is 39.0 Å². The molecule has 86 valence electrons. The first kappa shape index (κ1) is 12.3. The van der Waals surface area contributed by atoms with Gasteiger partial charge in [0.05, 0.1) is 0 Å². The summed E-state index contributed by atoms with van der Waals surface area (Å²) in [7, 11) is 0. The van der Waals surface area contributed by atoms with E-state index in [9.17, 15) is 0 Å². The van der Waals surface area contributed by atoms with Crippen molar-refractivity contribution in [2.24, 2.45) is 0 Å². The summed E-state index contributed by atoms with van der Waals surface area (Å²) < 4.78 is 0. The van der Waals surface area contributed by atoms with E-state index in [1.165, 1.54) is 38.6 Å². The molecule has 2 nitrogen and oxygen atoms in total. The summed E-state index contributed by atoms with van der Waals surface area (Å²) in [4.78, 5) is 2.16. The van der Waals surface area contributed by atoms with Gasteiger partial charge in [0.25, 0.3) is 0 Å². The van der Waals surface area contributed by atoms with Crippen molar-refractivity contribution in [1.82, 2.24) is 10.2 Å². The lowest BCUT2D eigenvalue weighted by molar-refractivity contribution is 0.359. The van der Waals surface area contributed by atoms with Crippen LogP contribution in [0.15, 0.2) is 25.1 Å². The van der Waals surface area contributed by atoms with E-state index in [1.807, 2.05) is 13.1 Å². The van der Waals surface area contributed by atoms with E-state index in [0.29, 0.717) is 0 Å². The average molecular weight is 208 g/mol. The number of allylic oxidation sites excluding steroid dienone is 1. The van der Waals surface area contributed by atoms with Gasteiger partial charge in [0.15, 0.2) is 0 Å². The van der Waals surface area contributed by atoms with Gasteiger partial charge in [-0.1, -0.05) is 19.1 Å². The Hall–Kier alpha value is -0.760. The Labute approximate surface area is 94.0 Å². The van der Waals surface area contributed by atoms with Crippen LogP contribution in [0.4, 0.5) is 0 Å². The molecule has 0 aromatic heterocycles. The molecule has 2 heteroatoms. The predicted molar refractivity (Wildman–Crippen MR) is 66.6 cm³/mol. The number of hydrogen-bond acceptors (Lipinski definition) is 2. The second kappa shape index (κ2) is 7.52. The molecule has 0 aromatic carbocycles. The first-order valence-corrected chi connectivity index (χ1v) is 6.11. The van der Waals surface area contributed by atoms with Crippen LogP contribution in [-0.2, 0) is 0 Å². The van der Waals surface area contributed by atoms with E-state index in [0.717, 1.165) is 12.6 Å². The number of piperidine rings is 1. The normalized spacial score (nSPS) is 21.8. The van der Waals surface area contributed by atoms with E-state index in [1.54, 1.807) is 0 Å². The fourth-order valence-electron chi connectivity index (χ4n) is 2.11. The molecule has 1 heterocycles. The summed E-state index contributed by atoms with van der Waals surface area (Å²) in [6.07, 6.45) is 12.7. The highest BCUT2D eigenvalue weighted by Crippen LogP contribution is 2.12. The highest BCUT2D eigenvalue weighted by Gasteiger charge is 2.11. The highest BCUT2D eigenvalue weighted by molar-refractivity contribution is 4.85. The SMILES string of the molecule is C=CN(/C=C\C)CCCC1CCCCN1. The lowest BCUT2D eigenvalue weighted by Gasteiger charge is -2.24. The van der Waals surface area contributed by atoms with Crippen LogP contribution in [-0.4, -0.2) is 24.0 Å². The Balaban J connectivity index is 2.10. The summed E-state index contributed by atoms with van der Waals surface area (Å²) in [5, 5.41) is 3.58. The summed E-state index contributed by atoms with van der Waals surface area (Å²) in [6, 6.07) is 0.760. The first-order chi connectivity index (χ1) is 7.36. The molecule has 0 spiro atoms. The first-order valence-electron chi connectivity index (χ1n) is 6.11. The van der Waals surface area contributed by atoms with Gasteiger partial charge >= 0.3 is 0 Å². The monoisotopic (exact) mass is 208 g/mol. The quantitative estimate of drug-likeness (QED) is 0.722. The molecule has 0 aromatic rings. The Morgan fingerprint density at radius 2 is 2.33 bits per heavy atom. The maximum absolute atomic E-state index is 3.80. The van der Waals surface area contributed by atoms with Crippen LogP contribution in [0.2, 0.25) is 0 Å².